The molecule has 1 aliphatic rings. The molecule has 2 aromatic carbocycles. The van der Waals surface area contributed by atoms with Crippen LogP contribution in [-0.2, 0) is 6.54 Å². The van der Waals surface area contributed by atoms with Gasteiger partial charge in [-0.1, -0.05) is 0 Å². The van der Waals surface area contributed by atoms with Crippen molar-refractivity contribution in [2.75, 3.05) is 13.3 Å². The maximum atomic E-state index is 5.78. The van der Waals surface area contributed by atoms with E-state index in [0.29, 0.717) is 6.54 Å². The minimum absolute atomic E-state index is 0.276. The van der Waals surface area contributed by atoms with Gasteiger partial charge >= 0.3 is 0 Å². The zero-order chi connectivity index (χ0) is 18.9. The van der Waals surface area contributed by atoms with E-state index >= 15 is 0 Å². The number of nitrogens with one attached hydrogen (secondary N) is 1. The predicted molar refractivity (Wildman–Crippen MR) is 111 cm³/mol. The quantitative estimate of drug-likeness (QED) is 0.539. The minimum Gasteiger partial charge on any atom is -0.454 e. The van der Waals surface area contributed by atoms with Gasteiger partial charge in [0, 0.05) is 34.6 Å². The number of nitrogens with two attached hydrogens (primary N) is 1. The molecule has 28 heavy (non-hydrogen) atoms. The fourth-order valence-corrected chi connectivity index (χ4v) is 4.35. The average Bonchev–Trinajstić information content (AvgIpc) is 3.45. The minimum atomic E-state index is 0.276. The normalized spacial score (nSPS) is 13.5. The molecule has 0 radical (unpaired) electrons. The van der Waals surface area contributed by atoms with E-state index in [1.54, 1.807) is 11.3 Å². The highest BCUT2D eigenvalue weighted by Crippen LogP contribution is 2.36. The first-order valence-electron chi connectivity index (χ1n) is 9.22. The van der Waals surface area contributed by atoms with Crippen molar-refractivity contribution in [2.45, 2.75) is 13.0 Å². The van der Waals surface area contributed by atoms with Crippen LogP contribution in [0.1, 0.15) is 6.42 Å². The van der Waals surface area contributed by atoms with Crippen LogP contribution in [0.4, 0.5) is 5.69 Å². The summed E-state index contributed by atoms with van der Waals surface area (Å²) in [5.74, 6) is 1.57. The van der Waals surface area contributed by atoms with Crippen molar-refractivity contribution in [1.82, 2.24) is 9.55 Å². The maximum absolute atomic E-state index is 5.78. The summed E-state index contributed by atoms with van der Waals surface area (Å²) in [6.07, 6.45) is 2.83. The second kappa shape index (κ2) is 7.18. The second-order valence-corrected chi connectivity index (χ2v) is 7.46. The molecule has 142 valence electrons. The predicted octanol–water partition coefficient (Wildman–Crippen LogP) is 4.01. The molecule has 0 saturated heterocycles. The molecule has 0 aliphatic carbocycles. The molecule has 0 saturated carbocycles. The summed E-state index contributed by atoms with van der Waals surface area (Å²) in [7, 11) is 0. The lowest BCUT2D eigenvalue weighted by Gasteiger charge is -2.09. The van der Waals surface area contributed by atoms with E-state index in [1.165, 1.54) is 0 Å². The number of rotatable bonds is 5. The zero-order valence-corrected chi connectivity index (χ0v) is 16.0. The first-order valence-corrected chi connectivity index (χ1v) is 10.1. The lowest BCUT2D eigenvalue weighted by Crippen LogP contribution is -2.18. The first-order chi connectivity index (χ1) is 13.8. The van der Waals surface area contributed by atoms with Gasteiger partial charge in [0.1, 0.15) is 0 Å². The summed E-state index contributed by atoms with van der Waals surface area (Å²) in [6, 6.07) is 14.3. The van der Waals surface area contributed by atoms with E-state index in [0.717, 1.165) is 57.1 Å². The van der Waals surface area contributed by atoms with Crippen molar-refractivity contribution in [3.8, 4) is 22.8 Å². The summed E-state index contributed by atoms with van der Waals surface area (Å²) in [6.45, 7) is 1.73. The molecule has 2 aromatic heterocycles. The van der Waals surface area contributed by atoms with E-state index in [2.05, 4.69) is 39.2 Å². The van der Waals surface area contributed by atoms with Gasteiger partial charge < -0.3 is 24.8 Å². The molecule has 0 fully saturated rings. The fourth-order valence-electron chi connectivity index (χ4n) is 3.39. The smallest absolute Gasteiger partial charge is 0.231 e. The Morgan fingerprint density at radius 2 is 2.04 bits per heavy atom. The van der Waals surface area contributed by atoms with Gasteiger partial charge in [0.15, 0.2) is 16.3 Å². The third-order valence-corrected chi connectivity index (χ3v) is 5.68. The number of benzene rings is 2. The number of nitrogens with zero attached hydrogens (tertiary/aromatic N) is 2. The number of ether oxygens (including phenoxy) is 2. The first kappa shape index (κ1) is 17.1. The molecule has 5 rings (SSSR count). The van der Waals surface area contributed by atoms with Gasteiger partial charge in [0.05, 0.1) is 11.4 Å². The van der Waals surface area contributed by atoms with Crippen molar-refractivity contribution in [2.24, 2.45) is 10.7 Å². The SMILES string of the molecule is NCCCn1c(-c2ccc3c(c2)OCO3)cs/c1=N\c1ccc2[nH]ccc2c1. The standard InChI is InChI=1S/C21H20N4O2S/c22-7-1-9-25-18(15-2-5-19-20(11-15)27-13-26-19)12-28-21(25)24-16-3-4-17-14(10-16)6-8-23-17/h2-6,8,10-12,23H,1,7,9,13,22H2/b24-21-. The lowest BCUT2D eigenvalue weighted by molar-refractivity contribution is 0.174. The Kier molecular flexibility index (Phi) is 4.38. The number of fused-ring (bicyclic) bond motifs is 2. The van der Waals surface area contributed by atoms with Crippen LogP contribution < -0.4 is 20.0 Å². The van der Waals surface area contributed by atoms with E-state index in [9.17, 15) is 0 Å². The largest absolute Gasteiger partial charge is 0.454 e. The van der Waals surface area contributed by atoms with Crippen LogP contribution >= 0.6 is 11.3 Å². The van der Waals surface area contributed by atoms with Crippen LogP contribution in [0.15, 0.2) is 59.0 Å². The Hall–Kier alpha value is -3.03. The Morgan fingerprint density at radius 3 is 2.96 bits per heavy atom. The van der Waals surface area contributed by atoms with E-state index in [4.69, 9.17) is 20.2 Å². The molecule has 3 heterocycles. The second-order valence-electron chi connectivity index (χ2n) is 6.63. The third-order valence-electron chi connectivity index (χ3n) is 4.81. The van der Waals surface area contributed by atoms with Crippen molar-refractivity contribution >= 4 is 27.9 Å². The van der Waals surface area contributed by atoms with Gasteiger partial charge in [-0.3, -0.25) is 0 Å². The summed E-state index contributed by atoms with van der Waals surface area (Å²) in [5, 5.41) is 3.30. The van der Waals surface area contributed by atoms with Gasteiger partial charge in [0.25, 0.3) is 0 Å². The van der Waals surface area contributed by atoms with Crippen molar-refractivity contribution in [1.29, 1.82) is 0 Å². The third kappa shape index (κ3) is 3.08. The number of hydrogen-bond acceptors (Lipinski definition) is 5. The number of hydrogen-bond donors (Lipinski definition) is 2. The molecule has 4 aromatic rings. The monoisotopic (exact) mass is 392 g/mol. The van der Waals surface area contributed by atoms with Crippen LogP contribution in [0.5, 0.6) is 11.5 Å². The Balaban J connectivity index is 1.60. The Bertz CT molecular complexity index is 1200. The van der Waals surface area contributed by atoms with Crippen LogP contribution in [0.2, 0.25) is 0 Å². The molecule has 3 N–H and O–H groups in total. The van der Waals surface area contributed by atoms with E-state index in [-0.39, 0.29) is 6.79 Å². The zero-order valence-electron chi connectivity index (χ0n) is 15.2. The summed E-state index contributed by atoms with van der Waals surface area (Å²) in [5.41, 5.74) is 10.0. The van der Waals surface area contributed by atoms with E-state index in [1.807, 2.05) is 24.4 Å². The molecule has 1 aliphatic heterocycles. The number of aromatic nitrogens is 2. The van der Waals surface area contributed by atoms with Crippen LogP contribution in [0.25, 0.3) is 22.2 Å². The fraction of sp³-hybridized carbons (Fsp3) is 0.190. The average molecular weight is 392 g/mol. The van der Waals surface area contributed by atoms with Crippen molar-refractivity contribution in [3.05, 3.63) is 58.8 Å². The molecule has 0 unspecified atom stereocenters. The lowest BCUT2D eigenvalue weighted by atomic mass is 10.1. The highest BCUT2D eigenvalue weighted by molar-refractivity contribution is 7.07. The van der Waals surface area contributed by atoms with Crippen LogP contribution in [-0.4, -0.2) is 22.9 Å². The maximum Gasteiger partial charge on any atom is 0.231 e. The molecular formula is C21H20N4O2S. The summed E-state index contributed by atoms with van der Waals surface area (Å²) < 4.78 is 13.2. The summed E-state index contributed by atoms with van der Waals surface area (Å²) in [4.78, 5) is 9.08. The van der Waals surface area contributed by atoms with Gasteiger partial charge in [-0.15, -0.1) is 11.3 Å². The van der Waals surface area contributed by atoms with Gasteiger partial charge in [-0.2, -0.15) is 0 Å². The molecule has 0 spiro atoms. The molecule has 0 bridgehead atoms. The molecule has 0 amide bonds. The highest BCUT2D eigenvalue weighted by Gasteiger charge is 2.16. The highest BCUT2D eigenvalue weighted by atomic mass is 32.1. The number of aromatic amines is 1. The molecule has 7 heteroatoms. The van der Waals surface area contributed by atoms with Crippen molar-refractivity contribution in [3.63, 3.8) is 0 Å². The van der Waals surface area contributed by atoms with Crippen LogP contribution in [0.3, 0.4) is 0 Å². The number of H-pyrrole nitrogens is 1. The molecule has 6 nitrogen and oxygen atoms in total. The van der Waals surface area contributed by atoms with Crippen molar-refractivity contribution < 1.29 is 9.47 Å². The van der Waals surface area contributed by atoms with Gasteiger partial charge in [0.2, 0.25) is 6.79 Å². The van der Waals surface area contributed by atoms with E-state index < -0.39 is 0 Å². The topological polar surface area (TPSA) is 77.6 Å². The number of thiazole rings is 1. The Morgan fingerprint density at radius 1 is 1.11 bits per heavy atom. The summed E-state index contributed by atoms with van der Waals surface area (Å²) >= 11 is 1.63. The van der Waals surface area contributed by atoms with Gasteiger partial charge in [-0.05, 0) is 55.4 Å². The Labute approximate surface area is 165 Å². The molecular weight excluding hydrogens is 372 g/mol. The molecule has 0 atom stereocenters. The van der Waals surface area contributed by atoms with Crippen LogP contribution in [0, 0.1) is 0 Å². The van der Waals surface area contributed by atoms with Gasteiger partial charge in [-0.25, -0.2) is 4.99 Å².